The van der Waals surface area contributed by atoms with E-state index in [1.54, 1.807) is 12.1 Å². The molecule has 0 aliphatic heterocycles. The predicted octanol–water partition coefficient (Wildman–Crippen LogP) is 1.68. The van der Waals surface area contributed by atoms with Crippen LogP contribution in [-0.4, -0.2) is 14.3 Å². The molecule has 0 fully saturated rings. The molecule has 0 atom stereocenters. The Labute approximate surface area is 141 Å². The van der Waals surface area contributed by atoms with Crippen molar-refractivity contribution < 1.29 is 13.2 Å². The molecule has 0 saturated carbocycles. The third-order valence-corrected chi connectivity index (χ3v) is 5.20. The van der Waals surface area contributed by atoms with E-state index in [9.17, 15) is 13.2 Å². The Balaban J connectivity index is 1.56. The van der Waals surface area contributed by atoms with Crippen LogP contribution < -0.4 is 10.5 Å². The van der Waals surface area contributed by atoms with Gasteiger partial charge in [-0.2, -0.15) is 0 Å². The van der Waals surface area contributed by atoms with E-state index in [0.717, 1.165) is 24.0 Å². The molecular weight excluding hydrogens is 324 g/mol. The summed E-state index contributed by atoms with van der Waals surface area (Å²) < 4.78 is 22.4. The second-order valence-corrected chi connectivity index (χ2v) is 7.66. The van der Waals surface area contributed by atoms with E-state index in [1.807, 2.05) is 0 Å². The molecule has 2 aromatic carbocycles. The number of fused-ring (bicyclic) bond motifs is 1. The molecule has 3 rings (SSSR count). The number of carbonyl (C=O) groups is 1. The number of sulfonamides is 1. The van der Waals surface area contributed by atoms with Gasteiger partial charge in [0.05, 0.1) is 11.3 Å². The smallest absolute Gasteiger partial charge is 0.238 e. The van der Waals surface area contributed by atoms with Gasteiger partial charge in [0.1, 0.15) is 0 Å². The molecule has 0 bridgehead atoms. The number of hydrogen-bond acceptors (Lipinski definition) is 3. The van der Waals surface area contributed by atoms with E-state index in [-0.39, 0.29) is 17.2 Å². The summed E-state index contributed by atoms with van der Waals surface area (Å²) in [7, 11) is -3.70. The summed E-state index contributed by atoms with van der Waals surface area (Å²) in [6, 6.07) is 12.4. The van der Waals surface area contributed by atoms with Gasteiger partial charge in [-0.3, -0.25) is 4.79 Å². The minimum absolute atomic E-state index is 0.0461. The lowest BCUT2D eigenvalue weighted by Crippen LogP contribution is -2.24. The molecule has 0 aromatic heterocycles. The first kappa shape index (κ1) is 16.7. The number of nitrogens with one attached hydrogen (secondary N) is 1. The SMILES string of the molecule is NS(=O)(=O)c1ccc(CC(=O)NCc2ccc3c(c2)CCC3)cc1. The molecule has 1 amide bonds. The van der Waals surface area contributed by atoms with Crippen molar-refractivity contribution in [2.24, 2.45) is 5.14 Å². The Morgan fingerprint density at radius 2 is 1.67 bits per heavy atom. The molecule has 3 N–H and O–H groups in total. The summed E-state index contributed by atoms with van der Waals surface area (Å²) in [5, 5.41) is 7.95. The molecule has 6 heteroatoms. The van der Waals surface area contributed by atoms with Crippen LogP contribution in [0.25, 0.3) is 0 Å². The molecule has 0 radical (unpaired) electrons. The van der Waals surface area contributed by atoms with Crippen LogP contribution in [0.2, 0.25) is 0 Å². The van der Waals surface area contributed by atoms with Crippen molar-refractivity contribution in [3.63, 3.8) is 0 Å². The molecule has 24 heavy (non-hydrogen) atoms. The fourth-order valence-corrected chi connectivity index (χ4v) is 3.50. The highest BCUT2D eigenvalue weighted by molar-refractivity contribution is 7.89. The second-order valence-electron chi connectivity index (χ2n) is 6.10. The molecule has 0 unspecified atom stereocenters. The van der Waals surface area contributed by atoms with Crippen LogP contribution in [0.5, 0.6) is 0 Å². The number of primary sulfonamides is 1. The van der Waals surface area contributed by atoms with Crippen LogP contribution in [0.1, 0.15) is 28.7 Å². The average molecular weight is 344 g/mol. The zero-order valence-corrected chi connectivity index (χ0v) is 14.1. The number of nitrogens with two attached hydrogens (primary N) is 1. The lowest BCUT2D eigenvalue weighted by Gasteiger charge is -2.08. The monoisotopic (exact) mass is 344 g/mol. The number of hydrogen-bond donors (Lipinski definition) is 2. The Hall–Kier alpha value is -2.18. The van der Waals surface area contributed by atoms with Crippen molar-refractivity contribution in [1.29, 1.82) is 0 Å². The average Bonchev–Trinajstić information content (AvgIpc) is 3.00. The molecule has 2 aromatic rings. The van der Waals surface area contributed by atoms with Crippen LogP contribution in [0.15, 0.2) is 47.4 Å². The van der Waals surface area contributed by atoms with E-state index in [2.05, 4.69) is 23.5 Å². The van der Waals surface area contributed by atoms with E-state index >= 15 is 0 Å². The summed E-state index contributed by atoms with van der Waals surface area (Å²) in [6.07, 6.45) is 3.68. The Bertz CT molecular complexity index is 858. The summed E-state index contributed by atoms with van der Waals surface area (Å²) in [4.78, 5) is 12.1. The van der Waals surface area contributed by atoms with Crippen LogP contribution >= 0.6 is 0 Å². The number of aryl methyl sites for hydroxylation is 2. The van der Waals surface area contributed by atoms with Crippen LogP contribution in [-0.2, 0) is 40.6 Å². The van der Waals surface area contributed by atoms with Gasteiger partial charge in [0.15, 0.2) is 0 Å². The quantitative estimate of drug-likeness (QED) is 0.865. The van der Waals surface area contributed by atoms with Gasteiger partial charge in [-0.05, 0) is 53.6 Å². The summed E-state index contributed by atoms with van der Waals surface area (Å²) in [5.74, 6) is -0.0983. The van der Waals surface area contributed by atoms with E-state index in [1.165, 1.54) is 29.7 Å². The standard InChI is InChI=1S/C18H20N2O3S/c19-24(22,23)17-8-5-13(6-9-17)11-18(21)20-12-14-4-7-15-2-1-3-16(15)10-14/h4-10H,1-3,11-12H2,(H,20,21)(H2,19,22,23). The highest BCUT2D eigenvalue weighted by Gasteiger charge is 2.12. The normalized spacial score (nSPS) is 13.5. The van der Waals surface area contributed by atoms with Gasteiger partial charge in [0.25, 0.3) is 0 Å². The lowest BCUT2D eigenvalue weighted by molar-refractivity contribution is -0.120. The minimum Gasteiger partial charge on any atom is -0.352 e. The molecule has 1 aliphatic carbocycles. The van der Waals surface area contributed by atoms with Crippen molar-refractivity contribution in [2.75, 3.05) is 0 Å². The van der Waals surface area contributed by atoms with Crippen molar-refractivity contribution >= 4 is 15.9 Å². The largest absolute Gasteiger partial charge is 0.352 e. The Morgan fingerprint density at radius 1 is 1.00 bits per heavy atom. The van der Waals surface area contributed by atoms with Gasteiger partial charge in [-0.15, -0.1) is 0 Å². The Morgan fingerprint density at radius 3 is 2.38 bits per heavy atom. The van der Waals surface area contributed by atoms with Crippen molar-refractivity contribution in [1.82, 2.24) is 5.32 Å². The van der Waals surface area contributed by atoms with E-state index in [4.69, 9.17) is 5.14 Å². The zero-order valence-electron chi connectivity index (χ0n) is 13.3. The topological polar surface area (TPSA) is 89.3 Å². The number of amides is 1. The summed E-state index contributed by atoms with van der Waals surface area (Å²) in [5.41, 5.74) is 4.66. The molecule has 5 nitrogen and oxygen atoms in total. The summed E-state index contributed by atoms with van der Waals surface area (Å²) in [6.45, 7) is 0.501. The van der Waals surface area contributed by atoms with Crippen LogP contribution in [0, 0.1) is 0 Å². The highest BCUT2D eigenvalue weighted by atomic mass is 32.2. The first-order valence-electron chi connectivity index (χ1n) is 7.91. The fraction of sp³-hybridized carbons (Fsp3) is 0.278. The van der Waals surface area contributed by atoms with Gasteiger partial charge in [-0.1, -0.05) is 30.3 Å². The van der Waals surface area contributed by atoms with Gasteiger partial charge in [0.2, 0.25) is 15.9 Å². The molecule has 126 valence electrons. The lowest BCUT2D eigenvalue weighted by atomic mass is 10.1. The first-order valence-corrected chi connectivity index (χ1v) is 9.45. The maximum atomic E-state index is 12.0. The van der Waals surface area contributed by atoms with E-state index in [0.29, 0.717) is 6.54 Å². The predicted molar refractivity (Wildman–Crippen MR) is 91.8 cm³/mol. The van der Waals surface area contributed by atoms with Gasteiger partial charge < -0.3 is 5.32 Å². The number of benzene rings is 2. The number of carbonyl (C=O) groups excluding carboxylic acids is 1. The van der Waals surface area contributed by atoms with Crippen molar-refractivity contribution in [2.45, 2.75) is 37.1 Å². The maximum Gasteiger partial charge on any atom is 0.238 e. The van der Waals surface area contributed by atoms with Crippen molar-refractivity contribution in [3.8, 4) is 0 Å². The molecule has 1 aliphatic rings. The second kappa shape index (κ2) is 6.75. The van der Waals surface area contributed by atoms with Gasteiger partial charge in [0, 0.05) is 6.54 Å². The van der Waals surface area contributed by atoms with Crippen LogP contribution in [0.4, 0.5) is 0 Å². The zero-order chi connectivity index (χ0) is 17.2. The summed E-state index contributed by atoms with van der Waals surface area (Å²) >= 11 is 0. The highest BCUT2D eigenvalue weighted by Crippen LogP contribution is 2.22. The first-order chi connectivity index (χ1) is 11.4. The molecule has 0 spiro atoms. The van der Waals surface area contributed by atoms with Gasteiger partial charge in [-0.25, -0.2) is 13.6 Å². The molecule has 0 saturated heterocycles. The maximum absolute atomic E-state index is 12.0. The van der Waals surface area contributed by atoms with Crippen LogP contribution in [0.3, 0.4) is 0 Å². The fourth-order valence-electron chi connectivity index (χ4n) is 2.98. The molecule has 0 heterocycles. The Kier molecular flexibility index (Phi) is 4.69. The third-order valence-electron chi connectivity index (χ3n) is 4.27. The molecular formula is C18H20N2O3S. The minimum atomic E-state index is -3.70. The van der Waals surface area contributed by atoms with Crippen molar-refractivity contribution in [3.05, 3.63) is 64.7 Å². The number of rotatable bonds is 5. The van der Waals surface area contributed by atoms with E-state index < -0.39 is 10.0 Å². The third kappa shape index (κ3) is 4.01. The van der Waals surface area contributed by atoms with Gasteiger partial charge >= 0.3 is 0 Å².